The Hall–Kier alpha value is -1.97. The Morgan fingerprint density at radius 3 is 2.86 bits per heavy atom. The number of carbonyl (C=O) groups excluding carboxylic acids is 1. The van der Waals surface area contributed by atoms with Gasteiger partial charge in [0, 0.05) is 12.1 Å². The van der Waals surface area contributed by atoms with Crippen LogP contribution in [0, 0.1) is 11.8 Å². The van der Waals surface area contributed by atoms with Crippen molar-refractivity contribution in [3.63, 3.8) is 0 Å². The van der Waals surface area contributed by atoms with Crippen molar-refractivity contribution in [2.75, 3.05) is 19.0 Å². The van der Waals surface area contributed by atoms with E-state index in [1.807, 2.05) is 0 Å². The molecule has 0 radical (unpaired) electrons. The van der Waals surface area contributed by atoms with Gasteiger partial charge in [-0.25, -0.2) is 0 Å². The van der Waals surface area contributed by atoms with Crippen LogP contribution in [0.3, 0.4) is 0 Å². The maximum atomic E-state index is 11.3. The molecule has 0 heterocycles. The van der Waals surface area contributed by atoms with Crippen LogP contribution in [0.15, 0.2) is 29.8 Å². The summed E-state index contributed by atoms with van der Waals surface area (Å²) in [6.07, 6.45) is 4.65. The predicted octanol–water partition coefficient (Wildman–Crippen LogP) is 3.20. The molecule has 1 aliphatic carbocycles. The summed E-state index contributed by atoms with van der Waals surface area (Å²) in [5.41, 5.74) is 8.11. The molecular formula is C17H24N2O2. The molecule has 4 nitrogen and oxygen atoms in total. The zero-order valence-electron chi connectivity index (χ0n) is 13.0. The number of ether oxygens (including phenoxy) is 1. The summed E-state index contributed by atoms with van der Waals surface area (Å²) < 4.78 is 5.34. The number of allylic oxidation sites excluding steroid dienone is 2. The van der Waals surface area contributed by atoms with Gasteiger partial charge < -0.3 is 15.8 Å². The smallest absolute Gasteiger partial charge is 0.248 e. The van der Waals surface area contributed by atoms with Crippen molar-refractivity contribution in [3.8, 4) is 5.75 Å². The topological polar surface area (TPSA) is 64.3 Å². The third-order valence-corrected chi connectivity index (χ3v) is 3.95. The molecule has 1 aromatic rings. The number of carbonyl (C=O) groups is 1. The van der Waals surface area contributed by atoms with Gasteiger partial charge in [-0.3, -0.25) is 4.79 Å². The number of methoxy groups -OCH3 is 1. The molecule has 4 heteroatoms. The van der Waals surface area contributed by atoms with Gasteiger partial charge in [-0.2, -0.15) is 0 Å². The lowest BCUT2D eigenvalue weighted by Crippen LogP contribution is -2.20. The minimum Gasteiger partial charge on any atom is -0.495 e. The number of hydrogen-bond donors (Lipinski definition) is 2. The van der Waals surface area contributed by atoms with E-state index in [1.165, 1.54) is 12.0 Å². The van der Waals surface area contributed by atoms with Gasteiger partial charge in [0.1, 0.15) is 5.75 Å². The molecule has 0 fully saturated rings. The predicted molar refractivity (Wildman–Crippen MR) is 85.6 cm³/mol. The van der Waals surface area contributed by atoms with Gasteiger partial charge in [0.2, 0.25) is 5.91 Å². The quantitative estimate of drug-likeness (QED) is 0.818. The van der Waals surface area contributed by atoms with Crippen molar-refractivity contribution < 1.29 is 9.53 Å². The van der Waals surface area contributed by atoms with Gasteiger partial charge in [0.05, 0.1) is 12.8 Å². The Labute approximate surface area is 126 Å². The maximum Gasteiger partial charge on any atom is 0.248 e. The highest BCUT2D eigenvalue weighted by Gasteiger charge is 2.18. The van der Waals surface area contributed by atoms with E-state index in [1.54, 1.807) is 25.3 Å². The zero-order valence-corrected chi connectivity index (χ0v) is 13.0. The molecule has 1 amide bonds. The lowest BCUT2D eigenvalue weighted by Gasteiger charge is -2.26. The lowest BCUT2D eigenvalue weighted by molar-refractivity contribution is 0.100. The second-order valence-electron chi connectivity index (χ2n) is 5.96. The number of rotatable bonds is 5. The largest absolute Gasteiger partial charge is 0.495 e. The van der Waals surface area contributed by atoms with E-state index >= 15 is 0 Å². The molecule has 0 saturated carbocycles. The van der Waals surface area contributed by atoms with Crippen LogP contribution >= 0.6 is 0 Å². The number of nitrogens with two attached hydrogens (primary N) is 1. The van der Waals surface area contributed by atoms with E-state index in [4.69, 9.17) is 10.5 Å². The number of hydrogen-bond acceptors (Lipinski definition) is 3. The first-order valence-corrected chi connectivity index (χ1v) is 7.38. The number of anilines is 1. The Morgan fingerprint density at radius 2 is 2.24 bits per heavy atom. The van der Waals surface area contributed by atoms with E-state index in [2.05, 4.69) is 25.2 Å². The van der Waals surface area contributed by atoms with Gasteiger partial charge in [-0.05, 0) is 49.8 Å². The highest BCUT2D eigenvalue weighted by molar-refractivity contribution is 5.94. The van der Waals surface area contributed by atoms with Gasteiger partial charge in [-0.1, -0.05) is 18.6 Å². The molecule has 2 unspecified atom stereocenters. The van der Waals surface area contributed by atoms with Gasteiger partial charge >= 0.3 is 0 Å². The normalized spacial score (nSPS) is 21.6. The van der Waals surface area contributed by atoms with Crippen LogP contribution in [-0.4, -0.2) is 19.6 Å². The minimum atomic E-state index is -0.425. The lowest BCUT2D eigenvalue weighted by atomic mass is 9.83. The van der Waals surface area contributed by atoms with E-state index in [0.29, 0.717) is 17.4 Å². The zero-order chi connectivity index (χ0) is 15.4. The van der Waals surface area contributed by atoms with Gasteiger partial charge in [0.15, 0.2) is 0 Å². The van der Waals surface area contributed by atoms with Crippen LogP contribution < -0.4 is 15.8 Å². The SMILES string of the molecule is COc1ccc(C(N)=O)cc1NCC1CC(C)=CC(C)C1. The third-order valence-electron chi connectivity index (χ3n) is 3.95. The molecule has 0 spiro atoms. The van der Waals surface area contributed by atoms with E-state index in [9.17, 15) is 4.79 Å². The summed E-state index contributed by atoms with van der Waals surface area (Å²) in [6.45, 7) is 5.31. The number of nitrogens with one attached hydrogen (secondary N) is 1. The number of primary amides is 1. The molecule has 0 aromatic heterocycles. The molecule has 0 aliphatic heterocycles. The van der Waals surface area contributed by atoms with Crippen LogP contribution in [0.5, 0.6) is 5.75 Å². The van der Waals surface area contributed by atoms with Crippen molar-refractivity contribution in [1.82, 2.24) is 0 Å². The fourth-order valence-corrected chi connectivity index (χ4v) is 3.10. The Bertz CT molecular complexity index is 552. The molecule has 21 heavy (non-hydrogen) atoms. The van der Waals surface area contributed by atoms with E-state index < -0.39 is 5.91 Å². The number of benzene rings is 1. The Kier molecular flexibility index (Phi) is 4.89. The molecule has 0 saturated heterocycles. The van der Waals surface area contributed by atoms with Crippen molar-refractivity contribution >= 4 is 11.6 Å². The number of amides is 1. The summed E-state index contributed by atoms with van der Waals surface area (Å²) in [5.74, 6) is 1.54. The maximum absolute atomic E-state index is 11.3. The Morgan fingerprint density at radius 1 is 1.48 bits per heavy atom. The molecule has 114 valence electrons. The van der Waals surface area contributed by atoms with Crippen LogP contribution in [0.2, 0.25) is 0 Å². The van der Waals surface area contributed by atoms with Gasteiger partial charge in [-0.15, -0.1) is 0 Å². The third kappa shape index (κ3) is 4.00. The van der Waals surface area contributed by atoms with Crippen LogP contribution in [-0.2, 0) is 0 Å². The summed E-state index contributed by atoms with van der Waals surface area (Å²) in [6, 6.07) is 5.22. The van der Waals surface area contributed by atoms with Crippen molar-refractivity contribution in [2.24, 2.45) is 17.6 Å². The fraction of sp³-hybridized carbons (Fsp3) is 0.471. The monoisotopic (exact) mass is 288 g/mol. The van der Waals surface area contributed by atoms with Crippen molar-refractivity contribution in [3.05, 3.63) is 35.4 Å². The highest BCUT2D eigenvalue weighted by atomic mass is 16.5. The van der Waals surface area contributed by atoms with Crippen molar-refractivity contribution in [1.29, 1.82) is 0 Å². The first-order chi connectivity index (χ1) is 9.99. The Balaban J connectivity index is 2.07. The molecule has 2 atom stereocenters. The second-order valence-corrected chi connectivity index (χ2v) is 5.96. The minimum absolute atomic E-state index is 0.425. The molecule has 3 N–H and O–H groups in total. The summed E-state index contributed by atoms with van der Waals surface area (Å²) in [5, 5.41) is 3.41. The average Bonchev–Trinajstić information content (AvgIpc) is 2.43. The van der Waals surface area contributed by atoms with Crippen LogP contribution in [0.4, 0.5) is 5.69 Å². The molecule has 2 rings (SSSR count). The van der Waals surface area contributed by atoms with Gasteiger partial charge in [0.25, 0.3) is 0 Å². The van der Waals surface area contributed by atoms with E-state index in [-0.39, 0.29) is 0 Å². The first kappa shape index (κ1) is 15.4. The van der Waals surface area contributed by atoms with Crippen LogP contribution in [0.1, 0.15) is 37.0 Å². The molecular weight excluding hydrogens is 264 g/mol. The fourth-order valence-electron chi connectivity index (χ4n) is 3.10. The first-order valence-electron chi connectivity index (χ1n) is 7.38. The van der Waals surface area contributed by atoms with Crippen LogP contribution in [0.25, 0.3) is 0 Å². The second kappa shape index (κ2) is 6.66. The summed E-state index contributed by atoms with van der Waals surface area (Å²) >= 11 is 0. The summed E-state index contributed by atoms with van der Waals surface area (Å²) in [7, 11) is 1.63. The standard InChI is InChI=1S/C17H24N2O2/c1-11-6-12(2)8-13(7-11)10-19-15-9-14(17(18)20)4-5-16(15)21-3/h4-6,9,11,13,19H,7-8,10H2,1-3H3,(H2,18,20). The average molecular weight is 288 g/mol. The van der Waals surface area contributed by atoms with E-state index in [0.717, 1.165) is 24.4 Å². The summed E-state index contributed by atoms with van der Waals surface area (Å²) in [4.78, 5) is 11.3. The highest BCUT2D eigenvalue weighted by Crippen LogP contribution is 2.30. The van der Waals surface area contributed by atoms with Crippen molar-refractivity contribution in [2.45, 2.75) is 26.7 Å². The molecule has 0 bridgehead atoms. The molecule has 1 aromatic carbocycles. The molecule has 1 aliphatic rings.